The molecule has 0 saturated carbocycles. The summed E-state index contributed by atoms with van der Waals surface area (Å²) >= 11 is 1.28. The molecular weight excluding hydrogens is 381 g/mol. The third kappa shape index (κ3) is 3.03. The van der Waals surface area contributed by atoms with Gasteiger partial charge in [0, 0.05) is 16.1 Å². The van der Waals surface area contributed by atoms with Crippen molar-refractivity contribution in [2.75, 3.05) is 5.32 Å². The number of hydrogen-bond acceptors (Lipinski definition) is 4. The molecule has 3 amide bonds. The molecule has 7 nitrogen and oxygen atoms in total. The lowest BCUT2D eigenvalue weighted by molar-refractivity contribution is 0.100. The zero-order valence-electron chi connectivity index (χ0n) is 15.1. The molecule has 0 atom stereocenters. The Morgan fingerprint density at radius 1 is 1.25 bits per heavy atom. The highest BCUT2D eigenvalue weighted by Crippen LogP contribution is 2.46. The molecule has 0 aliphatic heterocycles. The van der Waals surface area contributed by atoms with Crippen molar-refractivity contribution in [3.63, 3.8) is 0 Å². The summed E-state index contributed by atoms with van der Waals surface area (Å²) < 4.78 is 15.0. The van der Waals surface area contributed by atoms with Gasteiger partial charge in [-0.2, -0.15) is 5.10 Å². The van der Waals surface area contributed by atoms with Crippen LogP contribution in [0.1, 0.15) is 32.9 Å². The summed E-state index contributed by atoms with van der Waals surface area (Å²) in [5.74, 6) is -0.877. The number of nitrogens with two attached hydrogens (primary N) is 2. The number of amides is 3. The van der Waals surface area contributed by atoms with Gasteiger partial charge in [-0.25, -0.2) is 9.18 Å². The highest BCUT2D eigenvalue weighted by atomic mass is 32.1. The van der Waals surface area contributed by atoms with Crippen molar-refractivity contribution in [1.82, 2.24) is 9.78 Å². The van der Waals surface area contributed by atoms with E-state index in [-0.39, 0.29) is 5.82 Å². The Morgan fingerprint density at radius 2 is 1.96 bits per heavy atom. The van der Waals surface area contributed by atoms with Gasteiger partial charge in [0.05, 0.1) is 17.8 Å². The topological polar surface area (TPSA) is 116 Å². The molecule has 1 aliphatic rings. The first-order chi connectivity index (χ1) is 13.3. The Balaban J connectivity index is 1.79. The number of anilines is 1. The van der Waals surface area contributed by atoms with Crippen LogP contribution in [0.3, 0.4) is 0 Å². The molecule has 28 heavy (non-hydrogen) atoms. The van der Waals surface area contributed by atoms with Crippen LogP contribution in [0, 0.1) is 12.7 Å². The minimum atomic E-state index is -0.745. The number of nitrogens with zero attached hydrogens (tertiary/aromatic N) is 2. The van der Waals surface area contributed by atoms with E-state index < -0.39 is 11.9 Å². The molecule has 0 spiro atoms. The lowest BCUT2D eigenvalue weighted by Crippen LogP contribution is -2.22. The predicted molar refractivity (Wildman–Crippen MR) is 105 cm³/mol. The Kier molecular flexibility index (Phi) is 4.38. The number of aryl methyl sites for hydroxylation is 1. The molecule has 144 valence electrons. The molecule has 0 unspecified atom stereocenters. The van der Waals surface area contributed by atoms with E-state index in [4.69, 9.17) is 16.6 Å². The van der Waals surface area contributed by atoms with E-state index in [2.05, 4.69) is 5.32 Å². The van der Waals surface area contributed by atoms with Crippen molar-refractivity contribution in [3.8, 4) is 10.4 Å². The van der Waals surface area contributed by atoms with Crippen LogP contribution in [0.4, 0.5) is 14.2 Å². The van der Waals surface area contributed by atoms with Gasteiger partial charge in [-0.1, -0.05) is 12.1 Å². The maximum atomic E-state index is 13.2. The van der Waals surface area contributed by atoms with Crippen LogP contribution in [0.15, 0.2) is 24.3 Å². The van der Waals surface area contributed by atoms with Crippen LogP contribution in [0.5, 0.6) is 0 Å². The first kappa shape index (κ1) is 18.2. The fourth-order valence-corrected chi connectivity index (χ4v) is 4.98. The monoisotopic (exact) mass is 399 g/mol. The number of thiophene rings is 1. The fraction of sp³-hybridized carbons (Fsp3) is 0.211. The molecule has 4 rings (SSSR count). The average molecular weight is 399 g/mol. The second-order valence-electron chi connectivity index (χ2n) is 6.66. The summed E-state index contributed by atoms with van der Waals surface area (Å²) in [6.07, 6.45) is 1.26. The van der Waals surface area contributed by atoms with Crippen LogP contribution >= 0.6 is 11.3 Å². The zero-order valence-corrected chi connectivity index (χ0v) is 15.9. The number of hydrogen-bond donors (Lipinski definition) is 3. The number of carbonyl (C=O) groups is 2. The third-order valence-electron chi connectivity index (χ3n) is 4.85. The quantitative estimate of drug-likeness (QED) is 0.626. The minimum absolute atomic E-state index is 0.281. The number of benzene rings is 1. The van der Waals surface area contributed by atoms with Crippen LogP contribution in [-0.4, -0.2) is 21.7 Å². The maximum absolute atomic E-state index is 13.2. The number of fused-ring (bicyclic) bond motifs is 3. The number of rotatable bonds is 4. The smallest absolute Gasteiger partial charge is 0.317 e. The Morgan fingerprint density at radius 3 is 2.61 bits per heavy atom. The first-order valence-corrected chi connectivity index (χ1v) is 9.49. The van der Waals surface area contributed by atoms with Gasteiger partial charge in [-0.15, -0.1) is 11.3 Å². The van der Waals surface area contributed by atoms with Crippen molar-refractivity contribution in [2.24, 2.45) is 11.5 Å². The minimum Gasteiger partial charge on any atom is -0.365 e. The summed E-state index contributed by atoms with van der Waals surface area (Å²) in [5, 5.41) is 7.59. The average Bonchev–Trinajstić information content (AvgIpc) is 3.14. The van der Waals surface area contributed by atoms with Crippen molar-refractivity contribution in [3.05, 3.63) is 58.2 Å². The van der Waals surface area contributed by atoms with Gasteiger partial charge < -0.3 is 11.5 Å². The molecule has 0 saturated heterocycles. The summed E-state index contributed by atoms with van der Waals surface area (Å²) in [6.45, 7) is 2.46. The van der Waals surface area contributed by atoms with E-state index in [1.54, 1.807) is 12.1 Å². The van der Waals surface area contributed by atoms with Crippen molar-refractivity contribution in [1.29, 1.82) is 0 Å². The van der Waals surface area contributed by atoms with Gasteiger partial charge in [0.25, 0.3) is 5.91 Å². The highest BCUT2D eigenvalue weighted by Gasteiger charge is 2.31. The van der Waals surface area contributed by atoms with Gasteiger partial charge in [-0.3, -0.25) is 14.8 Å². The second kappa shape index (κ2) is 6.75. The van der Waals surface area contributed by atoms with E-state index in [1.807, 2.05) is 11.6 Å². The zero-order chi connectivity index (χ0) is 20.0. The molecule has 1 aromatic carbocycles. The standard InChI is InChI=1S/C19H18FN5O2S/c1-9-14-13(24-25(9)8-10-2-4-11(20)5-3-10)7-6-12-15(17(21)26)18(23-19(22)27)28-16(12)14/h2-5H,6-8H2,1H3,(H2,21,26)(H3,22,23,27). The van der Waals surface area contributed by atoms with E-state index >= 15 is 0 Å². The second-order valence-corrected chi connectivity index (χ2v) is 7.68. The van der Waals surface area contributed by atoms with Crippen LogP contribution in [0.25, 0.3) is 10.4 Å². The number of aromatic nitrogens is 2. The third-order valence-corrected chi connectivity index (χ3v) is 6.02. The Hall–Kier alpha value is -3.20. The largest absolute Gasteiger partial charge is 0.365 e. The molecule has 0 fully saturated rings. The van der Waals surface area contributed by atoms with E-state index in [9.17, 15) is 14.0 Å². The van der Waals surface area contributed by atoms with Crippen LogP contribution in [-0.2, 0) is 19.4 Å². The molecule has 9 heteroatoms. The maximum Gasteiger partial charge on any atom is 0.317 e. The molecule has 0 bridgehead atoms. The summed E-state index contributed by atoms with van der Waals surface area (Å²) in [6, 6.07) is 5.56. The molecular formula is C19H18FN5O2S. The molecule has 5 N–H and O–H groups in total. The number of nitrogens with one attached hydrogen (secondary N) is 1. The van der Waals surface area contributed by atoms with Crippen LogP contribution < -0.4 is 16.8 Å². The Labute approximate surface area is 164 Å². The normalized spacial score (nSPS) is 12.4. The lowest BCUT2D eigenvalue weighted by atomic mass is 9.92. The van der Waals surface area contributed by atoms with E-state index in [1.165, 1.54) is 23.5 Å². The summed E-state index contributed by atoms with van der Waals surface area (Å²) in [4.78, 5) is 24.2. The molecule has 3 aromatic rings. The van der Waals surface area contributed by atoms with Crippen molar-refractivity contribution < 1.29 is 14.0 Å². The number of urea groups is 1. The number of carbonyl (C=O) groups excluding carboxylic acids is 2. The van der Waals surface area contributed by atoms with Gasteiger partial charge in [0.15, 0.2) is 0 Å². The fourth-order valence-electron chi connectivity index (χ4n) is 3.61. The Bertz CT molecular complexity index is 1100. The van der Waals surface area contributed by atoms with Crippen molar-refractivity contribution >= 4 is 28.3 Å². The summed E-state index contributed by atoms with van der Waals surface area (Å²) in [7, 11) is 0. The van der Waals surface area contributed by atoms with Crippen molar-refractivity contribution in [2.45, 2.75) is 26.3 Å². The first-order valence-electron chi connectivity index (χ1n) is 8.68. The predicted octanol–water partition coefficient (Wildman–Crippen LogP) is 2.80. The van der Waals surface area contributed by atoms with Gasteiger partial charge >= 0.3 is 6.03 Å². The summed E-state index contributed by atoms with van der Waals surface area (Å²) in [5.41, 5.74) is 15.7. The molecule has 0 radical (unpaired) electrons. The highest BCUT2D eigenvalue weighted by molar-refractivity contribution is 7.20. The van der Waals surface area contributed by atoms with E-state index in [0.717, 1.165) is 33.0 Å². The SMILES string of the molecule is Cc1c2c(nn1Cc1ccc(F)cc1)CCc1c-2sc(NC(N)=O)c1C(N)=O. The molecule has 2 heterocycles. The lowest BCUT2D eigenvalue weighted by Gasteiger charge is -2.12. The number of primary amides is 2. The van der Waals surface area contributed by atoms with Crippen LogP contribution in [0.2, 0.25) is 0 Å². The van der Waals surface area contributed by atoms with Gasteiger partial charge in [0.1, 0.15) is 10.8 Å². The number of halogens is 1. The van der Waals surface area contributed by atoms with E-state index in [0.29, 0.717) is 30.0 Å². The molecule has 2 aromatic heterocycles. The van der Waals surface area contributed by atoms with Gasteiger partial charge in [0.2, 0.25) is 0 Å². The molecule has 1 aliphatic carbocycles. The van der Waals surface area contributed by atoms with Gasteiger partial charge in [-0.05, 0) is 43.0 Å².